The molecule has 1 fully saturated rings. The smallest absolute Gasteiger partial charge is 0.295 e. The molecule has 2 aromatic carbocycles. The van der Waals surface area contributed by atoms with Gasteiger partial charge in [0, 0.05) is 12.1 Å². The summed E-state index contributed by atoms with van der Waals surface area (Å²) in [4.78, 5) is 26.9. The Morgan fingerprint density at radius 1 is 1.04 bits per heavy atom. The third-order valence-electron chi connectivity index (χ3n) is 4.56. The number of benzene rings is 2. The lowest BCUT2D eigenvalue weighted by Gasteiger charge is -2.25. The van der Waals surface area contributed by atoms with E-state index in [1.165, 1.54) is 4.90 Å². The molecule has 0 aromatic heterocycles. The van der Waals surface area contributed by atoms with Gasteiger partial charge in [0.1, 0.15) is 11.5 Å². The van der Waals surface area contributed by atoms with Crippen molar-refractivity contribution in [2.75, 3.05) is 13.2 Å². The van der Waals surface area contributed by atoms with E-state index in [0.717, 1.165) is 11.3 Å². The molecular weight excluding hydrogens is 342 g/mol. The fourth-order valence-corrected chi connectivity index (χ4v) is 3.36. The summed E-state index contributed by atoms with van der Waals surface area (Å²) in [5.74, 6) is -0.653. The number of Topliss-reactive ketones (excluding diaryl/α,β-unsaturated/α-hetero) is 1. The van der Waals surface area contributed by atoms with Crippen LogP contribution in [0.15, 0.2) is 60.2 Å². The molecule has 2 aromatic rings. The molecule has 1 aliphatic heterocycles. The Morgan fingerprint density at radius 3 is 2.30 bits per heavy atom. The van der Waals surface area contributed by atoms with Gasteiger partial charge in [-0.05, 0) is 31.0 Å². The second-order valence-electron chi connectivity index (χ2n) is 6.36. The number of nitrogens with zero attached hydrogens (tertiary/aromatic N) is 1. The minimum Gasteiger partial charge on any atom is -0.507 e. The molecule has 0 spiro atoms. The summed E-state index contributed by atoms with van der Waals surface area (Å²) in [6, 6.07) is 15.5. The van der Waals surface area contributed by atoms with Crippen molar-refractivity contribution in [3.63, 3.8) is 0 Å². The third kappa shape index (κ3) is 3.58. The van der Waals surface area contributed by atoms with Crippen molar-refractivity contribution in [3.8, 4) is 5.75 Å². The van der Waals surface area contributed by atoms with Crippen LogP contribution in [0.5, 0.6) is 5.75 Å². The summed E-state index contributed by atoms with van der Waals surface area (Å²) in [7, 11) is 0. The summed E-state index contributed by atoms with van der Waals surface area (Å²) < 4.78 is 5.47. The maximum absolute atomic E-state index is 12.7. The molecular formula is C22H23NO4. The number of rotatable bonds is 6. The highest BCUT2D eigenvalue weighted by molar-refractivity contribution is 6.46. The molecule has 0 aliphatic carbocycles. The number of hydrogen-bond acceptors (Lipinski definition) is 4. The third-order valence-corrected chi connectivity index (χ3v) is 4.56. The molecule has 0 saturated carbocycles. The second-order valence-corrected chi connectivity index (χ2v) is 6.36. The molecule has 140 valence electrons. The topological polar surface area (TPSA) is 66.8 Å². The zero-order valence-electron chi connectivity index (χ0n) is 15.5. The van der Waals surface area contributed by atoms with E-state index in [1.807, 2.05) is 44.2 Å². The summed E-state index contributed by atoms with van der Waals surface area (Å²) in [6.45, 7) is 4.85. The molecule has 0 bridgehead atoms. The first-order valence-electron chi connectivity index (χ1n) is 9.15. The quantitative estimate of drug-likeness (QED) is 0.479. The number of ether oxygens (including phenoxy) is 1. The lowest BCUT2D eigenvalue weighted by molar-refractivity contribution is -0.139. The van der Waals surface area contributed by atoms with E-state index in [1.54, 1.807) is 24.3 Å². The van der Waals surface area contributed by atoms with Crippen LogP contribution in [0.2, 0.25) is 0 Å². The molecule has 3 rings (SSSR count). The van der Waals surface area contributed by atoms with Crippen molar-refractivity contribution in [2.24, 2.45) is 0 Å². The van der Waals surface area contributed by atoms with E-state index in [9.17, 15) is 14.7 Å². The van der Waals surface area contributed by atoms with Crippen molar-refractivity contribution in [3.05, 3.63) is 71.3 Å². The highest BCUT2D eigenvalue weighted by Gasteiger charge is 2.45. The molecule has 1 N–H and O–H groups in total. The van der Waals surface area contributed by atoms with E-state index in [-0.39, 0.29) is 11.3 Å². The largest absolute Gasteiger partial charge is 0.507 e. The Labute approximate surface area is 158 Å². The van der Waals surface area contributed by atoms with Gasteiger partial charge in [-0.25, -0.2) is 0 Å². The van der Waals surface area contributed by atoms with Crippen molar-refractivity contribution in [2.45, 2.75) is 26.3 Å². The number of aliphatic hydroxyl groups is 1. The first kappa shape index (κ1) is 18.7. The van der Waals surface area contributed by atoms with Gasteiger partial charge in [0.25, 0.3) is 11.7 Å². The standard InChI is InChI=1S/C22H23NO4/c1-3-14-23-19(15-10-12-17(13-11-15)27-4-2)18(21(25)22(23)26)20(24)16-8-6-5-7-9-16/h5-13,19,24H,3-4,14H2,1-2H3/b20-18-. The predicted molar refractivity (Wildman–Crippen MR) is 103 cm³/mol. The summed E-state index contributed by atoms with van der Waals surface area (Å²) >= 11 is 0. The molecule has 1 heterocycles. The summed E-state index contributed by atoms with van der Waals surface area (Å²) in [6.07, 6.45) is 0.714. The maximum Gasteiger partial charge on any atom is 0.295 e. The number of likely N-dealkylation sites (tertiary alicyclic amines) is 1. The monoisotopic (exact) mass is 365 g/mol. The van der Waals surface area contributed by atoms with Crippen LogP contribution in [0.3, 0.4) is 0 Å². The van der Waals surface area contributed by atoms with Crippen molar-refractivity contribution in [1.29, 1.82) is 0 Å². The Morgan fingerprint density at radius 2 is 1.70 bits per heavy atom. The highest BCUT2D eigenvalue weighted by Crippen LogP contribution is 2.39. The van der Waals surface area contributed by atoms with Crippen LogP contribution in [0.25, 0.3) is 5.76 Å². The van der Waals surface area contributed by atoms with Crippen LogP contribution in [-0.2, 0) is 9.59 Å². The van der Waals surface area contributed by atoms with Crippen molar-refractivity contribution < 1.29 is 19.4 Å². The molecule has 1 amide bonds. The number of aliphatic hydroxyl groups excluding tert-OH is 1. The fourth-order valence-electron chi connectivity index (χ4n) is 3.36. The first-order valence-corrected chi connectivity index (χ1v) is 9.15. The normalized spacial score (nSPS) is 18.7. The van der Waals surface area contributed by atoms with Gasteiger partial charge in [-0.3, -0.25) is 9.59 Å². The molecule has 0 radical (unpaired) electrons. The van der Waals surface area contributed by atoms with Crippen LogP contribution < -0.4 is 4.74 Å². The van der Waals surface area contributed by atoms with Crippen LogP contribution in [-0.4, -0.2) is 34.8 Å². The van der Waals surface area contributed by atoms with E-state index in [2.05, 4.69) is 0 Å². The fraction of sp³-hybridized carbons (Fsp3) is 0.273. The molecule has 1 unspecified atom stereocenters. The molecule has 1 atom stereocenters. The van der Waals surface area contributed by atoms with E-state index in [4.69, 9.17) is 4.74 Å². The predicted octanol–water partition coefficient (Wildman–Crippen LogP) is 3.92. The van der Waals surface area contributed by atoms with E-state index in [0.29, 0.717) is 25.1 Å². The van der Waals surface area contributed by atoms with Crippen LogP contribution in [0, 0.1) is 0 Å². The van der Waals surface area contributed by atoms with E-state index < -0.39 is 17.7 Å². The molecule has 1 aliphatic rings. The number of carbonyl (C=O) groups excluding carboxylic acids is 2. The maximum atomic E-state index is 12.7. The SMILES string of the molecule is CCCN1C(=O)C(=O)/C(=C(\O)c2ccccc2)C1c1ccc(OCC)cc1. The Bertz CT molecular complexity index is 856. The summed E-state index contributed by atoms with van der Waals surface area (Å²) in [5, 5.41) is 10.8. The van der Waals surface area contributed by atoms with Gasteiger partial charge < -0.3 is 14.7 Å². The Hall–Kier alpha value is -3.08. The highest BCUT2D eigenvalue weighted by atomic mass is 16.5. The number of ketones is 1. The molecule has 1 saturated heterocycles. The van der Waals surface area contributed by atoms with Gasteiger partial charge in [-0.1, -0.05) is 49.4 Å². The number of amides is 1. The number of hydrogen-bond donors (Lipinski definition) is 1. The zero-order valence-corrected chi connectivity index (χ0v) is 15.5. The number of carbonyl (C=O) groups is 2. The van der Waals surface area contributed by atoms with E-state index >= 15 is 0 Å². The molecule has 5 heteroatoms. The van der Waals surface area contributed by atoms with Crippen LogP contribution in [0.1, 0.15) is 37.4 Å². The van der Waals surface area contributed by atoms with Gasteiger partial charge >= 0.3 is 0 Å². The van der Waals surface area contributed by atoms with Crippen molar-refractivity contribution >= 4 is 17.4 Å². The minimum absolute atomic E-state index is 0.129. The second kappa shape index (κ2) is 8.08. The van der Waals surface area contributed by atoms with Crippen molar-refractivity contribution in [1.82, 2.24) is 4.90 Å². The van der Waals surface area contributed by atoms with Gasteiger partial charge in [0.2, 0.25) is 0 Å². The van der Waals surface area contributed by atoms with Gasteiger partial charge in [-0.15, -0.1) is 0 Å². The van der Waals surface area contributed by atoms with Crippen LogP contribution >= 0.6 is 0 Å². The van der Waals surface area contributed by atoms with Crippen LogP contribution in [0.4, 0.5) is 0 Å². The first-order chi connectivity index (χ1) is 13.1. The Balaban J connectivity index is 2.11. The zero-order chi connectivity index (χ0) is 19.4. The Kier molecular flexibility index (Phi) is 5.60. The lowest BCUT2D eigenvalue weighted by atomic mass is 9.95. The van der Waals surface area contributed by atoms with Gasteiger partial charge in [-0.2, -0.15) is 0 Å². The minimum atomic E-state index is -0.649. The molecule has 5 nitrogen and oxygen atoms in total. The van der Waals surface area contributed by atoms with Gasteiger partial charge in [0.05, 0.1) is 18.2 Å². The lowest BCUT2D eigenvalue weighted by Crippen LogP contribution is -2.30. The van der Waals surface area contributed by atoms with Gasteiger partial charge in [0.15, 0.2) is 0 Å². The molecule has 27 heavy (non-hydrogen) atoms. The average Bonchev–Trinajstić information content (AvgIpc) is 2.94. The average molecular weight is 365 g/mol. The summed E-state index contributed by atoms with van der Waals surface area (Å²) in [5.41, 5.74) is 1.41.